The molecule has 0 bridgehead atoms. The number of anilines is 1. The predicted octanol–water partition coefficient (Wildman–Crippen LogP) is 2.57. The zero-order chi connectivity index (χ0) is 10.7. The van der Waals surface area contributed by atoms with E-state index >= 15 is 0 Å². The molecule has 0 unspecified atom stereocenters. The Morgan fingerprint density at radius 1 is 1.13 bits per heavy atom. The van der Waals surface area contributed by atoms with Gasteiger partial charge in [0.2, 0.25) is 0 Å². The standard InChI is InChI=1S/C12H12N2O/c1-10(15)11-4-6-12(7-5-11)13-14-8-2-3-9-14/h2-9,13H,1H3. The van der Waals surface area contributed by atoms with Gasteiger partial charge in [0.25, 0.3) is 0 Å². The van der Waals surface area contributed by atoms with E-state index < -0.39 is 0 Å². The zero-order valence-electron chi connectivity index (χ0n) is 8.47. The van der Waals surface area contributed by atoms with Crippen LogP contribution < -0.4 is 5.43 Å². The highest BCUT2D eigenvalue weighted by molar-refractivity contribution is 5.94. The van der Waals surface area contributed by atoms with Gasteiger partial charge in [0.1, 0.15) is 0 Å². The highest BCUT2D eigenvalue weighted by atomic mass is 16.1. The highest BCUT2D eigenvalue weighted by Gasteiger charge is 1.98. The van der Waals surface area contributed by atoms with Crippen LogP contribution in [0.4, 0.5) is 5.69 Å². The van der Waals surface area contributed by atoms with Crippen molar-refractivity contribution >= 4 is 11.5 Å². The molecule has 1 aromatic carbocycles. The summed E-state index contributed by atoms with van der Waals surface area (Å²) in [4.78, 5) is 11.0. The van der Waals surface area contributed by atoms with Crippen molar-refractivity contribution < 1.29 is 4.79 Å². The summed E-state index contributed by atoms with van der Waals surface area (Å²) < 4.78 is 1.85. The Balaban J connectivity index is 2.14. The fraction of sp³-hybridized carbons (Fsp3) is 0.0833. The smallest absolute Gasteiger partial charge is 0.159 e. The number of rotatable bonds is 3. The van der Waals surface area contributed by atoms with Crippen LogP contribution in [0.1, 0.15) is 17.3 Å². The molecule has 76 valence electrons. The van der Waals surface area contributed by atoms with E-state index in [0.29, 0.717) is 0 Å². The Kier molecular flexibility index (Phi) is 2.54. The maximum Gasteiger partial charge on any atom is 0.159 e. The van der Waals surface area contributed by atoms with Crippen LogP contribution in [0.3, 0.4) is 0 Å². The fourth-order valence-electron chi connectivity index (χ4n) is 1.34. The molecule has 0 amide bonds. The predicted molar refractivity (Wildman–Crippen MR) is 59.9 cm³/mol. The van der Waals surface area contributed by atoms with E-state index in [-0.39, 0.29) is 5.78 Å². The third kappa shape index (κ3) is 2.26. The van der Waals surface area contributed by atoms with E-state index in [1.165, 1.54) is 0 Å². The van der Waals surface area contributed by atoms with Gasteiger partial charge in [0, 0.05) is 18.0 Å². The summed E-state index contributed by atoms with van der Waals surface area (Å²) in [6.45, 7) is 1.56. The van der Waals surface area contributed by atoms with Crippen LogP contribution in [-0.4, -0.2) is 10.5 Å². The molecule has 0 atom stereocenters. The number of hydrogen-bond donors (Lipinski definition) is 1. The molecule has 15 heavy (non-hydrogen) atoms. The number of hydrogen-bond acceptors (Lipinski definition) is 2. The SMILES string of the molecule is CC(=O)c1ccc(Nn2cccc2)cc1. The Labute approximate surface area is 88.3 Å². The van der Waals surface area contributed by atoms with Crippen LogP contribution >= 0.6 is 0 Å². The summed E-state index contributed by atoms with van der Waals surface area (Å²) in [7, 11) is 0. The Morgan fingerprint density at radius 3 is 2.27 bits per heavy atom. The van der Waals surface area contributed by atoms with Crippen LogP contribution in [0.25, 0.3) is 0 Å². The van der Waals surface area contributed by atoms with E-state index in [4.69, 9.17) is 0 Å². The number of nitrogens with one attached hydrogen (secondary N) is 1. The number of carbonyl (C=O) groups excluding carboxylic acids is 1. The number of ketones is 1. The van der Waals surface area contributed by atoms with Gasteiger partial charge in [-0.05, 0) is 43.3 Å². The average molecular weight is 200 g/mol. The second-order valence-electron chi connectivity index (χ2n) is 3.34. The average Bonchev–Trinajstić information content (AvgIpc) is 2.71. The van der Waals surface area contributed by atoms with Crippen molar-refractivity contribution in [3.05, 3.63) is 54.4 Å². The van der Waals surface area contributed by atoms with Crippen molar-refractivity contribution in [2.45, 2.75) is 6.92 Å². The van der Waals surface area contributed by atoms with Crippen molar-refractivity contribution in [2.75, 3.05) is 5.43 Å². The molecule has 0 fully saturated rings. The lowest BCUT2D eigenvalue weighted by molar-refractivity contribution is 0.101. The van der Waals surface area contributed by atoms with Crippen LogP contribution in [0.2, 0.25) is 0 Å². The van der Waals surface area contributed by atoms with Gasteiger partial charge < -0.3 is 0 Å². The molecular formula is C12H12N2O. The Bertz CT molecular complexity index is 443. The van der Waals surface area contributed by atoms with Crippen molar-refractivity contribution in [1.82, 2.24) is 4.68 Å². The maximum atomic E-state index is 11.0. The van der Waals surface area contributed by atoms with Gasteiger partial charge in [-0.2, -0.15) is 0 Å². The van der Waals surface area contributed by atoms with E-state index in [1.807, 2.05) is 53.5 Å². The second-order valence-corrected chi connectivity index (χ2v) is 3.34. The van der Waals surface area contributed by atoms with E-state index in [2.05, 4.69) is 5.43 Å². The van der Waals surface area contributed by atoms with Gasteiger partial charge in [-0.1, -0.05) is 0 Å². The first kappa shape index (κ1) is 9.52. The molecule has 2 aromatic rings. The van der Waals surface area contributed by atoms with Crippen molar-refractivity contribution in [3.63, 3.8) is 0 Å². The van der Waals surface area contributed by atoms with Crippen molar-refractivity contribution in [1.29, 1.82) is 0 Å². The summed E-state index contributed by atoms with van der Waals surface area (Å²) >= 11 is 0. The molecule has 0 saturated heterocycles. The van der Waals surface area contributed by atoms with Crippen LogP contribution in [0, 0.1) is 0 Å². The lowest BCUT2D eigenvalue weighted by Gasteiger charge is -2.07. The van der Waals surface area contributed by atoms with Crippen LogP contribution in [-0.2, 0) is 0 Å². The Morgan fingerprint density at radius 2 is 1.73 bits per heavy atom. The van der Waals surface area contributed by atoms with Gasteiger partial charge in [0.05, 0.1) is 5.69 Å². The quantitative estimate of drug-likeness (QED) is 0.772. The first-order chi connectivity index (χ1) is 7.25. The molecule has 1 heterocycles. The molecule has 2 rings (SSSR count). The summed E-state index contributed by atoms with van der Waals surface area (Å²) in [5, 5.41) is 0. The largest absolute Gasteiger partial charge is 0.295 e. The van der Waals surface area contributed by atoms with Gasteiger partial charge in [-0.3, -0.25) is 14.9 Å². The van der Waals surface area contributed by atoms with Crippen molar-refractivity contribution in [2.24, 2.45) is 0 Å². The molecule has 0 aliphatic carbocycles. The monoisotopic (exact) mass is 200 g/mol. The first-order valence-electron chi connectivity index (χ1n) is 4.77. The molecule has 0 spiro atoms. The first-order valence-corrected chi connectivity index (χ1v) is 4.77. The molecule has 3 nitrogen and oxygen atoms in total. The minimum absolute atomic E-state index is 0.0857. The topological polar surface area (TPSA) is 34.0 Å². The van der Waals surface area contributed by atoms with E-state index in [9.17, 15) is 4.79 Å². The van der Waals surface area contributed by atoms with Gasteiger partial charge in [0.15, 0.2) is 5.78 Å². The highest BCUT2D eigenvalue weighted by Crippen LogP contribution is 2.10. The third-order valence-electron chi connectivity index (χ3n) is 2.15. The number of nitrogens with zero attached hydrogens (tertiary/aromatic N) is 1. The van der Waals surface area contributed by atoms with Gasteiger partial charge in [-0.25, -0.2) is 0 Å². The summed E-state index contributed by atoms with van der Waals surface area (Å²) in [6, 6.07) is 11.3. The number of aromatic nitrogens is 1. The molecule has 1 N–H and O–H groups in total. The summed E-state index contributed by atoms with van der Waals surface area (Å²) in [5.41, 5.74) is 4.84. The molecule has 3 heteroatoms. The molecule has 0 aliphatic rings. The Hall–Kier alpha value is -2.03. The number of carbonyl (C=O) groups is 1. The van der Waals surface area contributed by atoms with Crippen molar-refractivity contribution in [3.8, 4) is 0 Å². The lowest BCUT2D eigenvalue weighted by Crippen LogP contribution is -2.05. The van der Waals surface area contributed by atoms with Crippen LogP contribution in [0.5, 0.6) is 0 Å². The molecule has 1 aromatic heterocycles. The maximum absolute atomic E-state index is 11.0. The third-order valence-corrected chi connectivity index (χ3v) is 2.15. The molecule has 0 saturated carbocycles. The minimum Gasteiger partial charge on any atom is -0.295 e. The lowest BCUT2D eigenvalue weighted by atomic mass is 10.1. The summed E-state index contributed by atoms with van der Waals surface area (Å²) in [5.74, 6) is 0.0857. The molecule has 0 radical (unpaired) electrons. The van der Waals surface area contributed by atoms with E-state index in [1.54, 1.807) is 6.92 Å². The second kappa shape index (κ2) is 4.00. The number of Topliss-reactive ketones (excluding diaryl/α,β-unsaturated/α-hetero) is 1. The fourth-order valence-corrected chi connectivity index (χ4v) is 1.34. The normalized spacial score (nSPS) is 9.93. The summed E-state index contributed by atoms with van der Waals surface area (Å²) in [6.07, 6.45) is 3.83. The van der Waals surface area contributed by atoms with E-state index in [0.717, 1.165) is 11.3 Å². The minimum atomic E-state index is 0.0857. The van der Waals surface area contributed by atoms with Gasteiger partial charge in [-0.15, -0.1) is 0 Å². The molecular weight excluding hydrogens is 188 g/mol. The van der Waals surface area contributed by atoms with Crippen LogP contribution in [0.15, 0.2) is 48.8 Å². The molecule has 0 aliphatic heterocycles. The zero-order valence-corrected chi connectivity index (χ0v) is 8.47. The van der Waals surface area contributed by atoms with Gasteiger partial charge >= 0.3 is 0 Å². The number of benzene rings is 1.